The lowest BCUT2D eigenvalue weighted by Gasteiger charge is -2.33. The second kappa shape index (κ2) is 4.69. The Morgan fingerprint density at radius 2 is 2.05 bits per heavy atom. The van der Waals surface area contributed by atoms with Crippen molar-refractivity contribution in [3.8, 4) is 0 Å². The molecule has 0 radical (unpaired) electrons. The Morgan fingerprint density at radius 1 is 1.32 bits per heavy atom. The Hall–Kier alpha value is -1.83. The van der Waals surface area contributed by atoms with Crippen molar-refractivity contribution in [2.24, 2.45) is 0 Å². The maximum Gasteiger partial charge on any atom is 0.407 e. The van der Waals surface area contributed by atoms with Crippen LogP contribution in [-0.2, 0) is 0 Å². The number of rotatable bonds is 1. The Kier molecular flexibility index (Phi) is 3.02. The Morgan fingerprint density at radius 3 is 2.74 bits per heavy atom. The summed E-state index contributed by atoms with van der Waals surface area (Å²) in [7, 11) is 0. The highest BCUT2D eigenvalue weighted by atomic mass is 79.9. The predicted molar refractivity (Wildman–Crippen MR) is 72.5 cm³/mol. The number of hydrogen-bond donors (Lipinski definition) is 1. The number of aromatic nitrogens is 3. The van der Waals surface area contributed by atoms with Gasteiger partial charge in [-0.05, 0) is 22.0 Å². The number of carboxylic acid groups (broad SMARTS) is 1. The van der Waals surface area contributed by atoms with E-state index in [0.29, 0.717) is 26.2 Å². The van der Waals surface area contributed by atoms with Crippen molar-refractivity contribution < 1.29 is 9.90 Å². The average Bonchev–Trinajstić information content (AvgIpc) is 2.78. The average molecular weight is 326 g/mol. The van der Waals surface area contributed by atoms with Crippen LogP contribution in [0.5, 0.6) is 0 Å². The molecule has 1 N–H and O–H groups in total. The fraction of sp³-hybridized carbons (Fsp3) is 0.364. The van der Waals surface area contributed by atoms with Crippen LogP contribution in [0.1, 0.15) is 0 Å². The first-order chi connectivity index (χ1) is 9.15. The zero-order valence-corrected chi connectivity index (χ0v) is 11.6. The van der Waals surface area contributed by atoms with Gasteiger partial charge in [-0.25, -0.2) is 14.3 Å². The molecule has 3 rings (SSSR count). The summed E-state index contributed by atoms with van der Waals surface area (Å²) in [6.45, 7) is 2.27. The molecular formula is C11H12BrN5O2. The first kappa shape index (κ1) is 12.2. The molecule has 1 saturated heterocycles. The summed E-state index contributed by atoms with van der Waals surface area (Å²) in [5.41, 5.74) is 0.915. The van der Waals surface area contributed by atoms with E-state index in [1.807, 2.05) is 12.3 Å². The van der Waals surface area contributed by atoms with E-state index in [0.717, 1.165) is 15.8 Å². The summed E-state index contributed by atoms with van der Waals surface area (Å²) in [6, 6.07) is 1.96. The number of anilines is 1. The Labute approximate surface area is 117 Å². The van der Waals surface area contributed by atoms with E-state index in [1.54, 1.807) is 4.52 Å². The minimum atomic E-state index is -0.863. The molecule has 19 heavy (non-hydrogen) atoms. The molecule has 2 aromatic rings. The van der Waals surface area contributed by atoms with Gasteiger partial charge in [0.15, 0.2) is 5.82 Å². The summed E-state index contributed by atoms with van der Waals surface area (Å²) in [6.07, 6.45) is 2.52. The molecule has 1 aliphatic heterocycles. The summed E-state index contributed by atoms with van der Waals surface area (Å²) >= 11 is 3.42. The van der Waals surface area contributed by atoms with Gasteiger partial charge < -0.3 is 14.9 Å². The lowest BCUT2D eigenvalue weighted by Crippen LogP contribution is -2.48. The van der Waals surface area contributed by atoms with Crippen LogP contribution in [0.3, 0.4) is 0 Å². The molecule has 0 spiro atoms. The summed E-state index contributed by atoms with van der Waals surface area (Å²) in [5.74, 6) is 0.839. The van der Waals surface area contributed by atoms with Crippen LogP contribution in [0.25, 0.3) is 5.52 Å². The number of fused-ring (bicyclic) bond motifs is 1. The first-order valence-corrected chi connectivity index (χ1v) is 6.66. The van der Waals surface area contributed by atoms with E-state index >= 15 is 0 Å². The highest BCUT2D eigenvalue weighted by Gasteiger charge is 2.22. The van der Waals surface area contributed by atoms with Gasteiger partial charge in [-0.1, -0.05) is 0 Å². The van der Waals surface area contributed by atoms with Crippen molar-refractivity contribution in [3.05, 3.63) is 23.1 Å². The zero-order valence-electron chi connectivity index (χ0n) is 10.0. The molecule has 2 aromatic heterocycles. The highest BCUT2D eigenvalue weighted by Crippen LogP contribution is 2.23. The number of halogens is 1. The van der Waals surface area contributed by atoms with Crippen LogP contribution < -0.4 is 4.90 Å². The van der Waals surface area contributed by atoms with E-state index in [-0.39, 0.29) is 0 Å². The van der Waals surface area contributed by atoms with Gasteiger partial charge in [0.25, 0.3) is 0 Å². The molecule has 0 bridgehead atoms. The standard InChI is InChI=1S/C11H12BrN5O2/c12-8-5-9-10(13-7-14-17(9)6-8)15-1-3-16(4-2-15)11(18)19/h5-7H,1-4H2,(H,18,19). The number of hydrogen-bond acceptors (Lipinski definition) is 4. The topological polar surface area (TPSA) is 74.0 Å². The number of piperazine rings is 1. The monoisotopic (exact) mass is 325 g/mol. The maximum atomic E-state index is 10.9. The summed E-state index contributed by atoms with van der Waals surface area (Å²) in [4.78, 5) is 18.7. The Bertz CT molecular complexity index is 621. The van der Waals surface area contributed by atoms with E-state index in [1.165, 1.54) is 11.2 Å². The van der Waals surface area contributed by atoms with E-state index in [2.05, 4.69) is 30.9 Å². The van der Waals surface area contributed by atoms with Gasteiger partial charge in [0.2, 0.25) is 0 Å². The minimum absolute atomic E-state index is 0.493. The maximum absolute atomic E-state index is 10.9. The van der Waals surface area contributed by atoms with Crippen LogP contribution in [0.4, 0.5) is 10.6 Å². The molecule has 0 saturated carbocycles. The third-order valence-electron chi connectivity index (χ3n) is 3.20. The summed E-state index contributed by atoms with van der Waals surface area (Å²) < 4.78 is 2.70. The highest BCUT2D eigenvalue weighted by molar-refractivity contribution is 9.10. The SMILES string of the molecule is O=C(O)N1CCN(c2ncnn3cc(Br)cc23)CC1. The van der Waals surface area contributed by atoms with Crippen LogP contribution in [-0.4, -0.2) is 56.9 Å². The number of carbonyl (C=O) groups is 1. The van der Waals surface area contributed by atoms with Crippen molar-refractivity contribution in [2.75, 3.05) is 31.1 Å². The van der Waals surface area contributed by atoms with Crippen LogP contribution in [0.15, 0.2) is 23.1 Å². The number of amides is 1. The molecule has 0 unspecified atom stereocenters. The lowest BCUT2D eigenvalue weighted by molar-refractivity contribution is 0.142. The minimum Gasteiger partial charge on any atom is -0.465 e. The molecule has 1 aliphatic rings. The van der Waals surface area contributed by atoms with Gasteiger partial charge in [-0.2, -0.15) is 5.10 Å². The Balaban J connectivity index is 1.87. The quantitative estimate of drug-likeness (QED) is 0.855. The molecule has 1 amide bonds. The molecule has 0 aliphatic carbocycles. The molecule has 7 nitrogen and oxygen atoms in total. The normalized spacial score (nSPS) is 16.1. The lowest BCUT2D eigenvalue weighted by atomic mass is 10.3. The van der Waals surface area contributed by atoms with Gasteiger partial charge >= 0.3 is 6.09 Å². The zero-order chi connectivity index (χ0) is 13.4. The third-order valence-corrected chi connectivity index (χ3v) is 3.64. The van der Waals surface area contributed by atoms with Gasteiger partial charge in [0.05, 0.1) is 0 Å². The smallest absolute Gasteiger partial charge is 0.407 e. The van der Waals surface area contributed by atoms with E-state index in [9.17, 15) is 4.79 Å². The molecule has 1 fully saturated rings. The fourth-order valence-electron chi connectivity index (χ4n) is 2.24. The van der Waals surface area contributed by atoms with Crippen molar-refractivity contribution in [1.82, 2.24) is 19.5 Å². The van der Waals surface area contributed by atoms with E-state index in [4.69, 9.17) is 5.11 Å². The molecule has 8 heteroatoms. The fourth-order valence-corrected chi connectivity index (χ4v) is 2.65. The van der Waals surface area contributed by atoms with Gasteiger partial charge in [-0.15, -0.1) is 0 Å². The predicted octanol–water partition coefficient (Wildman–Crippen LogP) is 1.29. The van der Waals surface area contributed by atoms with Gasteiger partial charge in [0.1, 0.15) is 11.8 Å². The molecule has 0 aromatic carbocycles. The molecular weight excluding hydrogens is 314 g/mol. The molecule has 3 heterocycles. The van der Waals surface area contributed by atoms with Crippen molar-refractivity contribution in [2.45, 2.75) is 0 Å². The van der Waals surface area contributed by atoms with Gasteiger partial charge in [0, 0.05) is 36.8 Å². The van der Waals surface area contributed by atoms with Gasteiger partial charge in [-0.3, -0.25) is 0 Å². The largest absolute Gasteiger partial charge is 0.465 e. The van der Waals surface area contributed by atoms with Crippen LogP contribution in [0, 0.1) is 0 Å². The number of nitrogens with zero attached hydrogens (tertiary/aromatic N) is 5. The summed E-state index contributed by atoms with van der Waals surface area (Å²) in [5, 5.41) is 13.1. The van der Waals surface area contributed by atoms with Crippen LogP contribution in [0.2, 0.25) is 0 Å². The third kappa shape index (κ3) is 2.23. The second-order valence-electron chi connectivity index (χ2n) is 4.33. The molecule has 100 valence electrons. The van der Waals surface area contributed by atoms with E-state index < -0.39 is 6.09 Å². The van der Waals surface area contributed by atoms with Crippen molar-refractivity contribution >= 4 is 33.4 Å². The van der Waals surface area contributed by atoms with Crippen LogP contribution >= 0.6 is 15.9 Å². The molecule has 0 atom stereocenters. The first-order valence-electron chi connectivity index (χ1n) is 5.87. The second-order valence-corrected chi connectivity index (χ2v) is 5.24. The van der Waals surface area contributed by atoms with Crippen molar-refractivity contribution in [1.29, 1.82) is 0 Å². The van der Waals surface area contributed by atoms with Crippen molar-refractivity contribution in [3.63, 3.8) is 0 Å².